The first-order valence-electron chi connectivity index (χ1n) is 5.09. The van der Waals surface area contributed by atoms with Crippen LogP contribution in [0.15, 0.2) is 24.3 Å². The minimum absolute atomic E-state index is 0.0183. The Bertz CT molecular complexity index is 181. The van der Waals surface area contributed by atoms with Gasteiger partial charge in [-0.05, 0) is 19.3 Å². The van der Waals surface area contributed by atoms with Crippen molar-refractivity contribution in [2.24, 2.45) is 0 Å². The molecule has 0 aliphatic carbocycles. The van der Waals surface area contributed by atoms with Crippen LogP contribution in [0.5, 0.6) is 0 Å². The lowest BCUT2D eigenvalue weighted by molar-refractivity contribution is -0.155. The number of aliphatic hydroxyl groups is 1. The van der Waals surface area contributed by atoms with Gasteiger partial charge in [0, 0.05) is 6.61 Å². The lowest BCUT2D eigenvalue weighted by Crippen LogP contribution is -2.22. The van der Waals surface area contributed by atoms with Crippen LogP contribution in [0.25, 0.3) is 0 Å². The maximum Gasteiger partial charge on any atom is 0.157 e. The molecule has 1 N–H and O–H groups in total. The topological polar surface area (TPSA) is 38.7 Å². The Hall–Kier alpha value is -0.640. The summed E-state index contributed by atoms with van der Waals surface area (Å²) in [6.45, 7) is 1.47. The first-order valence-corrected chi connectivity index (χ1v) is 5.09. The third-order valence-corrected chi connectivity index (χ3v) is 2.00. The monoisotopic (exact) mass is 198 g/mol. The SMILES string of the molecule is OC/C=C/C=C/COC1CCCCO1. The van der Waals surface area contributed by atoms with Crippen LogP contribution in [-0.2, 0) is 9.47 Å². The van der Waals surface area contributed by atoms with Crippen molar-refractivity contribution < 1.29 is 14.6 Å². The summed E-state index contributed by atoms with van der Waals surface area (Å²) < 4.78 is 10.8. The van der Waals surface area contributed by atoms with Gasteiger partial charge in [0.05, 0.1) is 13.2 Å². The van der Waals surface area contributed by atoms with Gasteiger partial charge in [-0.3, -0.25) is 0 Å². The van der Waals surface area contributed by atoms with Gasteiger partial charge in [-0.1, -0.05) is 24.3 Å². The molecule has 1 aliphatic heterocycles. The third-order valence-electron chi connectivity index (χ3n) is 2.00. The Morgan fingerprint density at radius 2 is 2.14 bits per heavy atom. The summed E-state index contributed by atoms with van der Waals surface area (Å²) in [6.07, 6.45) is 10.6. The van der Waals surface area contributed by atoms with Gasteiger partial charge in [0.2, 0.25) is 0 Å². The van der Waals surface area contributed by atoms with E-state index in [9.17, 15) is 0 Å². The quantitative estimate of drug-likeness (QED) is 0.682. The highest BCUT2D eigenvalue weighted by Crippen LogP contribution is 2.13. The van der Waals surface area contributed by atoms with Gasteiger partial charge in [-0.15, -0.1) is 0 Å². The summed E-state index contributed by atoms with van der Waals surface area (Å²) in [5, 5.41) is 8.45. The zero-order chi connectivity index (χ0) is 10.1. The van der Waals surface area contributed by atoms with Gasteiger partial charge < -0.3 is 14.6 Å². The van der Waals surface area contributed by atoms with Crippen LogP contribution in [0.2, 0.25) is 0 Å². The van der Waals surface area contributed by atoms with Crippen LogP contribution < -0.4 is 0 Å². The maximum atomic E-state index is 8.45. The second-order valence-corrected chi connectivity index (χ2v) is 3.17. The molecule has 1 heterocycles. The molecule has 0 spiro atoms. The molecule has 0 aromatic rings. The predicted octanol–water partition coefficient (Wildman–Crippen LogP) is 1.63. The molecule has 0 bridgehead atoms. The zero-order valence-corrected chi connectivity index (χ0v) is 8.39. The van der Waals surface area contributed by atoms with Crippen molar-refractivity contribution >= 4 is 0 Å². The van der Waals surface area contributed by atoms with E-state index >= 15 is 0 Å². The number of ether oxygens (including phenoxy) is 2. The van der Waals surface area contributed by atoms with Crippen molar-refractivity contribution in [2.75, 3.05) is 19.8 Å². The number of allylic oxidation sites excluding steroid dienone is 2. The molecule has 1 unspecified atom stereocenters. The maximum absolute atomic E-state index is 8.45. The summed E-state index contributed by atoms with van der Waals surface area (Å²) >= 11 is 0. The molecule has 0 radical (unpaired) electrons. The molecule has 80 valence electrons. The fourth-order valence-corrected chi connectivity index (χ4v) is 1.28. The summed E-state index contributed by atoms with van der Waals surface area (Å²) in [6, 6.07) is 0. The Kier molecular flexibility index (Phi) is 6.32. The van der Waals surface area contributed by atoms with E-state index in [1.54, 1.807) is 12.2 Å². The van der Waals surface area contributed by atoms with Gasteiger partial charge in [0.1, 0.15) is 0 Å². The molecule has 1 saturated heterocycles. The van der Waals surface area contributed by atoms with E-state index in [0.717, 1.165) is 19.4 Å². The predicted molar refractivity (Wildman–Crippen MR) is 54.9 cm³/mol. The molecule has 0 aromatic carbocycles. The molecule has 0 aromatic heterocycles. The van der Waals surface area contributed by atoms with Crippen LogP contribution in [0.3, 0.4) is 0 Å². The molecule has 1 rings (SSSR count). The second-order valence-electron chi connectivity index (χ2n) is 3.17. The van der Waals surface area contributed by atoms with E-state index in [1.807, 2.05) is 12.2 Å². The number of aliphatic hydroxyl groups excluding tert-OH is 1. The summed E-state index contributed by atoms with van der Waals surface area (Å²) in [5.41, 5.74) is 0. The highest BCUT2D eigenvalue weighted by atomic mass is 16.7. The molecular formula is C11H18O3. The molecule has 3 nitrogen and oxygen atoms in total. The lowest BCUT2D eigenvalue weighted by atomic mass is 10.2. The Morgan fingerprint density at radius 3 is 2.86 bits per heavy atom. The van der Waals surface area contributed by atoms with Crippen molar-refractivity contribution in [3.8, 4) is 0 Å². The normalized spacial score (nSPS) is 23.6. The van der Waals surface area contributed by atoms with E-state index in [4.69, 9.17) is 14.6 Å². The molecule has 1 aliphatic rings. The first kappa shape index (κ1) is 11.4. The van der Waals surface area contributed by atoms with Crippen LogP contribution in [0.4, 0.5) is 0 Å². The Morgan fingerprint density at radius 1 is 1.29 bits per heavy atom. The molecule has 3 heteroatoms. The van der Waals surface area contributed by atoms with E-state index in [0.29, 0.717) is 6.61 Å². The molecule has 0 saturated carbocycles. The Balaban J connectivity index is 2.02. The van der Waals surface area contributed by atoms with Crippen LogP contribution in [0, 0.1) is 0 Å². The van der Waals surface area contributed by atoms with E-state index < -0.39 is 0 Å². The highest BCUT2D eigenvalue weighted by molar-refractivity contribution is 5.02. The first-order chi connectivity index (χ1) is 6.93. The standard InChI is InChI=1S/C11H18O3/c12-8-4-1-2-5-9-13-11-7-3-6-10-14-11/h1-2,4-5,11-12H,3,6-10H2/b4-1+,5-2+. The van der Waals surface area contributed by atoms with Crippen LogP contribution >= 0.6 is 0 Å². The van der Waals surface area contributed by atoms with E-state index in [-0.39, 0.29) is 12.9 Å². The van der Waals surface area contributed by atoms with Gasteiger partial charge in [-0.25, -0.2) is 0 Å². The number of hydrogen-bond acceptors (Lipinski definition) is 3. The largest absolute Gasteiger partial charge is 0.392 e. The minimum Gasteiger partial charge on any atom is -0.392 e. The average Bonchev–Trinajstić information content (AvgIpc) is 2.25. The average molecular weight is 198 g/mol. The van der Waals surface area contributed by atoms with Crippen LogP contribution in [-0.4, -0.2) is 31.2 Å². The minimum atomic E-state index is -0.0183. The van der Waals surface area contributed by atoms with Crippen molar-refractivity contribution in [3.05, 3.63) is 24.3 Å². The number of rotatable bonds is 5. The molecule has 0 amide bonds. The van der Waals surface area contributed by atoms with Gasteiger partial charge >= 0.3 is 0 Å². The highest BCUT2D eigenvalue weighted by Gasteiger charge is 2.12. The smallest absolute Gasteiger partial charge is 0.157 e. The van der Waals surface area contributed by atoms with Crippen LogP contribution in [0.1, 0.15) is 19.3 Å². The van der Waals surface area contributed by atoms with Gasteiger partial charge in [0.15, 0.2) is 6.29 Å². The summed E-state index contributed by atoms with van der Waals surface area (Å²) in [7, 11) is 0. The lowest BCUT2D eigenvalue weighted by Gasteiger charge is -2.21. The second kappa shape index (κ2) is 7.74. The third kappa shape index (κ3) is 5.17. The van der Waals surface area contributed by atoms with Crippen molar-refractivity contribution in [3.63, 3.8) is 0 Å². The van der Waals surface area contributed by atoms with Gasteiger partial charge in [-0.2, -0.15) is 0 Å². The zero-order valence-electron chi connectivity index (χ0n) is 8.39. The van der Waals surface area contributed by atoms with Crippen molar-refractivity contribution in [1.82, 2.24) is 0 Å². The molecular weight excluding hydrogens is 180 g/mol. The number of hydrogen-bond donors (Lipinski definition) is 1. The van der Waals surface area contributed by atoms with E-state index in [2.05, 4.69) is 0 Å². The summed E-state index contributed by atoms with van der Waals surface area (Å²) in [4.78, 5) is 0. The van der Waals surface area contributed by atoms with Crippen molar-refractivity contribution in [1.29, 1.82) is 0 Å². The fraction of sp³-hybridized carbons (Fsp3) is 0.636. The fourth-order valence-electron chi connectivity index (χ4n) is 1.28. The molecule has 14 heavy (non-hydrogen) atoms. The summed E-state index contributed by atoms with van der Waals surface area (Å²) in [5.74, 6) is 0. The van der Waals surface area contributed by atoms with Gasteiger partial charge in [0.25, 0.3) is 0 Å². The molecule has 1 fully saturated rings. The van der Waals surface area contributed by atoms with E-state index in [1.165, 1.54) is 6.42 Å². The molecule has 1 atom stereocenters. The van der Waals surface area contributed by atoms with Crippen molar-refractivity contribution in [2.45, 2.75) is 25.6 Å². The Labute approximate surface area is 85.0 Å².